The predicted molar refractivity (Wildman–Crippen MR) is 76.7 cm³/mol. The number of benzene rings is 1. The van der Waals surface area contributed by atoms with E-state index in [1.54, 1.807) is 0 Å². The highest BCUT2D eigenvalue weighted by Gasteiger charge is 2.07. The number of rotatable bonds is 4. The summed E-state index contributed by atoms with van der Waals surface area (Å²) in [5.41, 5.74) is 3.20. The zero-order valence-corrected chi connectivity index (χ0v) is 12.2. The molecule has 0 atom stereocenters. The first-order valence-electron chi connectivity index (χ1n) is 6.16. The second-order valence-corrected chi connectivity index (χ2v) is 5.58. The normalized spacial score (nSPS) is 10.2. The van der Waals surface area contributed by atoms with Gasteiger partial charge in [-0.3, -0.25) is 0 Å². The highest BCUT2D eigenvalue weighted by molar-refractivity contribution is 7.12. The van der Waals surface area contributed by atoms with Crippen LogP contribution in [0.5, 0.6) is 5.75 Å². The molecule has 0 aliphatic carbocycles. The number of aryl methyl sites for hydroxylation is 3. The molecule has 0 N–H and O–H groups in total. The lowest BCUT2D eigenvalue weighted by Crippen LogP contribution is -2.02. The molecular weight excluding hydrogens is 256 g/mol. The zero-order chi connectivity index (χ0) is 13.8. The van der Waals surface area contributed by atoms with E-state index < -0.39 is 0 Å². The number of hydrogen-bond donors (Lipinski definition) is 0. The van der Waals surface area contributed by atoms with E-state index in [2.05, 4.69) is 24.0 Å². The SMILES string of the molecule is Cc1ccc(OCCc2nc(C)c(C#N)s2)c(C)c1. The van der Waals surface area contributed by atoms with Gasteiger partial charge in [0.2, 0.25) is 0 Å². The van der Waals surface area contributed by atoms with Crippen LogP contribution in [-0.4, -0.2) is 11.6 Å². The molecule has 0 fully saturated rings. The van der Waals surface area contributed by atoms with E-state index in [1.165, 1.54) is 16.9 Å². The Balaban J connectivity index is 1.94. The van der Waals surface area contributed by atoms with E-state index in [1.807, 2.05) is 26.0 Å². The van der Waals surface area contributed by atoms with Crippen LogP contribution < -0.4 is 4.74 Å². The lowest BCUT2D eigenvalue weighted by atomic mass is 10.1. The minimum absolute atomic E-state index is 0.585. The molecule has 0 radical (unpaired) electrons. The Morgan fingerprint density at radius 2 is 2.11 bits per heavy atom. The molecule has 2 aromatic rings. The average molecular weight is 272 g/mol. The first kappa shape index (κ1) is 13.6. The minimum atomic E-state index is 0.585. The first-order valence-corrected chi connectivity index (χ1v) is 6.98. The average Bonchev–Trinajstić information content (AvgIpc) is 2.72. The lowest BCUT2D eigenvalue weighted by Gasteiger charge is -2.08. The summed E-state index contributed by atoms with van der Waals surface area (Å²) < 4.78 is 5.76. The maximum absolute atomic E-state index is 8.89. The van der Waals surface area contributed by atoms with Crippen molar-refractivity contribution >= 4 is 11.3 Å². The van der Waals surface area contributed by atoms with Crippen LogP contribution in [0.4, 0.5) is 0 Å². The van der Waals surface area contributed by atoms with Gasteiger partial charge < -0.3 is 4.74 Å². The number of nitrogens with zero attached hydrogens (tertiary/aromatic N) is 2. The van der Waals surface area contributed by atoms with Crippen LogP contribution >= 0.6 is 11.3 Å². The molecule has 0 amide bonds. The molecule has 98 valence electrons. The fourth-order valence-corrected chi connectivity index (χ4v) is 2.72. The van der Waals surface area contributed by atoms with Crippen molar-refractivity contribution < 1.29 is 4.74 Å². The number of nitriles is 1. The van der Waals surface area contributed by atoms with Gasteiger partial charge >= 0.3 is 0 Å². The maximum Gasteiger partial charge on any atom is 0.127 e. The largest absolute Gasteiger partial charge is 0.493 e. The summed E-state index contributed by atoms with van der Waals surface area (Å²) in [6.07, 6.45) is 0.737. The summed E-state index contributed by atoms with van der Waals surface area (Å²) in [6.45, 7) is 6.56. The monoisotopic (exact) mass is 272 g/mol. The second-order valence-electron chi connectivity index (χ2n) is 4.50. The van der Waals surface area contributed by atoms with Crippen molar-refractivity contribution in [3.8, 4) is 11.8 Å². The number of aromatic nitrogens is 1. The molecule has 0 unspecified atom stereocenters. The zero-order valence-electron chi connectivity index (χ0n) is 11.4. The third-order valence-corrected chi connectivity index (χ3v) is 3.97. The van der Waals surface area contributed by atoms with Crippen molar-refractivity contribution in [1.82, 2.24) is 4.98 Å². The van der Waals surface area contributed by atoms with Crippen molar-refractivity contribution in [2.24, 2.45) is 0 Å². The highest BCUT2D eigenvalue weighted by atomic mass is 32.1. The van der Waals surface area contributed by atoms with Gasteiger partial charge in [0, 0.05) is 6.42 Å². The van der Waals surface area contributed by atoms with Gasteiger partial charge in [-0.1, -0.05) is 17.7 Å². The molecule has 1 aromatic heterocycles. The molecule has 0 aliphatic heterocycles. The van der Waals surface area contributed by atoms with E-state index in [9.17, 15) is 0 Å². The lowest BCUT2D eigenvalue weighted by molar-refractivity contribution is 0.319. The summed E-state index contributed by atoms with van der Waals surface area (Å²) in [7, 11) is 0. The third kappa shape index (κ3) is 3.33. The van der Waals surface area contributed by atoms with E-state index >= 15 is 0 Å². The van der Waals surface area contributed by atoms with Crippen molar-refractivity contribution in [2.45, 2.75) is 27.2 Å². The van der Waals surface area contributed by atoms with Crippen molar-refractivity contribution in [3.05, 3.63) is 44.9 Å². The Morgan fingerprint density at radius 1 is 1.32 bits per heavy atom. The summed E-state index contributed by atoms with van der Waals surface area (Å²) in [5, 5.41) is 9.84. The fourth-order valence-electron chi connectivity index (χ4n) is 1.87. The predicted octanol–water partition coefficient (Wildman–Crippen LogP) is 3.56. The number of thiazole rings is 1. The van der Waals surface area contributed by atoms with Crippen LogP contribution in [0, 0.1) is 32.1 Å². The third-order valence-electron chi connectivity index (χ3n) is 2.85. The first-order chi connectivity index (χ1) is 9.10. The van der Waals surface area contributed by atoms with Gasteiger partial charge in [0.25, 0.3) is 0 Å². The van der Waals surface area contributed by atoms with Crippen LogP contribution in [0.25, 0.3) is 0 Å². The standard InChI is InChI=1S/C15H16N2OS/c1-10-4-5-13(11(2)8-10)18-7-6-15-17-12(3)14(9-16)19-15/h4-5,8H,6-7H2,1-3H3. The van der Waals surface area contributed by atoms with Gasteiger partial charge in [0.05, 0.1) is 17.3 Å². The van der Waals surface area contributed by atoms with E-state index in [4.69, 9.17) is 10.00 Å². The van der Waals surface area contributed by atoms with E-state index in [0.29, 0.717) is 11.5 Å². The Morgan fingerprint density at radius 3 is 2.74 bits per heavy atom. The summed E-state index contributed by atoms with van der Waals surface area (Å²) in [6, 6.07) is 8.31. The number of hydrogen-bond acceptors (Lipinski definition) is 4. The molecular formula is C15H16N2OS. The van der Waals surface area contributed by atoms with Crippen molar-refractivity contribution in [1.29, 1.82) is 5.26 Å². The Bertz CT molecular complexity index is 626. The van der Waals surface area contributed by atoms with E-state index in [0.717, 1.165) is 28.4 Å². The molecule has 0 saturated heterocycles. The fraction of sp³-hybridized carbons (Fsp3) is 0.333. The summed E-state index contributed by atoms with van der Waals surface area (Å²) in [4.78, 5) is 5.06. The molecule has 0 spiro atoms. The van der Waals surface area contributed by atoms with E-state index in [-0.39, 0.29) is 0 Å². The van der Waals surface area contributed by atoms with Gasteiger partial charge in [0.15, 0.2) is 0 Å². The molecule has 3 nitrogen and oxygen atoms in total. The molecule has 0 bridgehead atoms. The van der Waals surface area contributed by atoms with Gasteiger partial charge in [-0.05, 0) is 32.4 Å². The molecule has 1 aromatic carbocycles. The smallest absolute Gasteiger partial charge is 0.127 e. The van der Waals surface area contributed by atoms with Crippen LogP contribution in [0.3, 0.4) is 0 Å². The van der Waals surface area contributed by atoms with Crippen LogP contribution in [-0.2, 0) is 6.42 Å². The van der Waals surface area contributed by atoms with Crippen molar-refractivity contribution in [2.75, 3.05) is 6.61 Å². The molecule has 19 heavy (non-hydrogen) atoms. The summed E-state index contributed by atoms with van der Waals surface area (Å²) >= 11 is 1.45. The Kier molecular flexibility index (Phi) is 4.18. The Labute approximate surface area is 117 Å². The van der Waals surface area contributed by atoms with Crippen LogP contribution in [0.2, 0.25) is 0 Å². The molecule has 4 heteroatoms. The second kappa shape index (κ2) is 5.85. The van der Waals surface area contributed by atoms with Gasteiger partial charge in [0.1, 0.15) is 16.7 Å². The Hall–Kier alpha value is -1.86. The molecule has 0 aliphatic rings. The van der Waals surface area contributed by atoms with Crippen LogP contribution in [0.1, 0.15) is 26.7 Å². The summed E-state index contributed by atoms with van der Waals surface area (Å²) in [5.74, 6) is 0.916. The molecule has 2 rings (SSSR count). The minimum Gasteiger partial charge on any atom is -0.493 e. The van der Waals surface area contributed by atoms with Crippen molar-refractivity contribution in [3.63, 3.8) is 0 Å². The van der Waals surface area contributed by atoms with Gasteiger partial charge in [-0.2, -0.15) is 5.26 Å². The number of ether oxygens (including phenoxy) is 1. The molecule has 1 heterocycles. The van der Waals surface area contributed by atoms with Gasteiger partial charge in [-0.25, -0.2) is 4.98 Å². The quantitative estimate of drug-likeness (QED) is 0.855. The topological polar surface area (TPSA) is 45.9 Å². The highest BCUT2D eigenvalue weighted by Crippen LogP contribution is 2.20. The van der Waals surface area contributed by atoms with Crippen LogP contribution in [0.15, 0.2) is 18.2 Å². The maximum atomic E-state index is 8.89. The molecule has 0 saturated carbocycles. The van der Waals surface area contributed by atoms with Gasteiger partial charge in [-0.15, -0.1) is 11.3 Å².